The number of guanidine groups is 1. The molecule has 1 atom stereocenters. The van der Waals surface area contributed by atoms with Crippen molar-refractivity contribution in [1.29, 1.82) is 0 Å². The lowest BCUT2D eigenvalue weighted by Gasteiger charge is -2.16. The summed E-state index contributed by atoms with van der Waals surface area (Å²) in [6.07, 6.45) is -5.29. The Labute approximate surface area is 190 Å². The van der Waals surface area contributed by atoms with Crippen LogP contribution in [0.1, 0.15) is 29.8 Å². The van der Waals surface area contributed by atoms with E-state index in [0.717, 1.165) is 23.6 Å². The van der Waals surface area contributed by atoms with Crippen LogP contribution in [-0.2, 0) is 12.7 Å². The van der Waals surface area contributed by atoms with Crippen LogP contribution in [0, 0.1) is 13.8 Å². The number of hydrogen-bond acceptors (Lipinski definition) is 5. The van der Waals surface area contributed by atoms with E-state index < -0.39 is 17.8 Å². The number of aliphatic hydroxyl groups is 1. The maximum absolute atomic E-state index is 12.5. The minimum atomic E-state index is -4.40. The number of aliphatic hydroxyl groups excluding tert-OH is 1. The lowest BCUT2D eigenvalue weighted by Crippen LogP contribution is -2.42. The van der Waals surface area contributed by atoms with Crippen molar-refractivity contribution in [2.75, 3.05) is 19.7 Å². The molecule has 0 saturated heterocycles. The zero-order chi connectivity index (χ0) is 21.4. The highest BCUT2D eigenvalue weighted by Crippen LogP contribution is 2.30. The Morgan fingerprint density at radius 2 is 1.90 bits per heavy atom. The zero-order valence-electron chi connectivity index (χ0n) is 16.9. The van der Waals surface area contributed by atoms with Crippen LogP contribution in [0.2, 0.25) is 0 Å². The predicted octanol–water partition coefficient (Wildman–Crippen LogP) is 3.42. The monoisotopic (exact) mass is 542 g/mol. The van der Waals surface area contributed by atoms with Crippen molar-refractivity contribution in [2.45, 2.75) is 39.6 Å². The molecule has 1 aromatic heterocycles. The molecule has 7 nitrogen and oxygen atoms in total. The average Bonchev–Trinajstić information content (AvgIpc) is 2.99. The first kappa shape index (κ1) is 26.0. The molecular formula is C19H26F3IN4O3. The van der Waals surface area contributed by atoms with Crippen LogP contribution < -0.4 is 15.4 Å². The number of rotatable bonds is 8. The smallest absolute Gasteiger partial charge is 0.416 e. The second-order valence-electron chi connectivity index (χ2n) is 6.31. The molecule has 2 aromatic rings. The standard InChI is InChI=1S/C19H25F3N4O3.HI/c1-4-23-18(25-10-17-26-12(2)13(3)29-17)24-9-15(27)11-28-16-7-5-14(6-8-16)19(20,21)22;/h5-8,15,27H,4,9-11H2,1-3H3,(H2,23,24,25);1H. The third kappa shape index (κ3) is 8.38. The van der Waals surface area contributed by atoms with E-state index in [0.29, 0.717) is 18.4 Å². The number of oxazole rings is 1. The van der Waals surface area contributed by atoms with Gasteiger partial charge in [0, 0.05) is 13.1 Å². The highest BCUT2D eigenvalue weighted by Gasteiger charge is 2.30. The van der Waals surface area contributed by atoms with Gasteiger partial charge in [-0.25, -0.2) is 9.98 Å². The summed E-state index contributed by atoms with van der Waals surface area (Å²) in [6.45, 7) is 6.48. The van der Waals surface area contributed by atoms with Crippen molar-refractivity contribution >= 4 is 29.9 Å². The molecule has 1 unspecified atom stereocenters. The molecule has 30 heavy (non-hydrogen) atoms. The second kappa shape index (κ2) is 12.0. The summed E-state index contributed by atoms with van der Waals surface area (Å²) in [4.78, 5) is 8.59. The van der Waals surface area contributed by atoms with Crippen LogP contribution in [0.25, 0.3) is 0 Å². The highest BCUT2D eigenvalue weighted by molar-refractivity contribution is 14.0. The molecule has 1 heterocycles. The Hall–Kier alpha value is -2.02. The van der Waals surface area contributed by atoms with E-state index in [2.05, 4.69) is 20.6 Å². The SMILES string of the molecule is CCNC(=NCc1nc(C)c(C)o1)NCC(O)COc1ccc(C(F)(F)F)cc1.I. The van der Waals surface area contributed by atoms with Crippen LogP contribution in [0.5, 0.6) is 5.75 Å². The normalized spacial score (nSPS) is 12.8. The maximum Gasteiger partial charge on any atom is 0.416 e. The fourth-order valence-corrected chi connectivity index (χ4v) is 2.30. The summed E-state index contributed by atoms with van der Waals surface area (Å²) in [5.41, 5.74) is 0.0546. The van der Waals surface area contributed by atoms with Gasteiger partial charge in [0.15, 0.2) is 5.96 Å². The van der Waals surface area contributed by atoms with Crippen molar-refractivity contribution in [3.05, 3.63) is 47.2 Å². The number of ether oxygens (including phenoxy) is 1. The second-order valence-corrected chi connectivity index (χ2v) is 6.31. The molecule has 0 aliphatic carbocycles. The number of aryl methyl sites for hydroxylation is 2. The number of hydrogen-bond donors (Lipinski definition) is 3. The number of aromatic nitrogens is 1. The first-order chi connectivity index (χ1) is 13.7. The summed E-state index contributed by atoms with van der Waals surface area (Å²) < 4.78 is 48.4. The molecule has 0 radical (unpaired) electrons. The number of alkyl halides is 3. The molecule has 1 aromatic carbocycles. The van der Waals surface area contributed by atoms with E-state index in [1.54, 1.807) is 0 Å². The van der Waals surface area contributed by atoms with Crippen molar-refractivity contribution < 1.29 is 27.4 Å². The Kier molecular flexibility index (Phi) is 10.4. The van der Waals surface area contributed by atoms with Gasteiger partial charge in [0.05, 0.1) is 11.3 Å². The zero-order valence-corrected chi connectivity index (χ0v) is 19.2. The maximum atomic E-state index is 12.5. The van der Waals surface area contributed by atoms with Gasteiger partial charge in [-0.05, 0) is 45.0 Å². The molecule has 0 saturated carbocycles. The largest absolute Gasteiger partial charge is 0.491 e. The summed E-state index contributed by atoms with van der Waals surface area (Å²) in [5, 5.41) is 16.1. The molecule has 11 heteroatoms. The van der Waals surface area contributed by atoms with Crippen LogP contribution in [0.15, 0.2) is 33.7 Å². The molecule has 0 fully saturated rings. The number of halogens is 4. The molecule has 0 spiro atoms. The van der Waals surface area contributed by atoms with Crippen molar-refractivity contribution in [3.8, 4) is 5.75 Å². The predicted molar refractivity (Wildman–Crippen MR) is 117 cm³/mol. The van der Waals surface area contributed by atoms with Crippen LogP contribution >= 0.6 is 24.0 Å². The van der Waals surface area contributed by atoms with E-state index in [-0.39, 0.29) is 49.4 Å². The summed E-state index contributed by atoms with van der Waals surface area (Å²) in [7, 11) is 0. The fourth-order valence-electron chi connectivity index (χ4n) is 2.30. The average molecular weight is 542 g/mol. The van der Waals surface area contributed by atoms with Crippen LogP contribution in [0.4, 0.5) is 13.2 Å². The molecule has 0 aliphatic heterocycles. The van der Waals surface area contributed by atoms with Gasteiger partial charge < -0.3 is 24.9 Å². The minimum absolute atomic E-state index is 0. The molecule has 0 amide bonds. The Balaban J connectivity index is 0.00000450. The van der Waals surface area contributed by atoms with Gasteiger partial charge in [0.2, 0.25) is 5.89 Å². The molecule has 0 aliphatic rings. The van der Waals surface area contributed by atoms with E-state index in [4.69, 9.17) is 9.15 Å². The Morgan fingerprint density at radius 1 is 1.23 bits per heavy atom. The van der Waals surface area contributed by atoms with Crippen molar-refractivity contribution in [3.63, 3.8) is 0 Å². The number of aliphatic imine (C=N–C) groups is 1. The Morgan fingerprint density at radius 3 is 2.43 bits per heavy atom. The number of benzene rings is 1. The van der Waals surface area contributed by atoms with Gasteiger partial charge in [-0.3, -0.25) is 0 Å². The summed E-state index contributed by atoms with van der Waals surface area (Å²) >= 11 is 0. The van der Waals surface area contributed by atoms with E-state index in [1.165, 1.54) is 12.1 Å². The Bertz CT molecular complexity index is 791. The number of nitrogens with one attached hydrogen (secondary N) is 2. The number of nitrogens with zero attached hydrogens (tertiary/aromatic N) is 2. The van der Waals surface area contributed by atoms with E-state index >= 15 is 0 Å². The minimum Gasteiger partial charge on any atom is -0.491 e. The highest BCUT2D eigenvalue weighted by atomic mass is 127. The first-order valence-corrected chi connectivity index (χ1v) is 9.12. The summed E-state index contributed by atoms with van der Waals surface area (Å²) in [5.74, 6) is 1.94. The topological polar surface area (TPSA) is 91.9 Å². The van der Waals surface area contributed by atoms with Gasteiger partial charge in [0.1, 0.15) is 30.8 Å². The third-order valence-corrected chi connectivity index (χ3v) is 3.92. The van der Waals surface area contributed by atoms with Gasteiger partial charge in [-0.2, -0.15) is 13.2 Å². The van der Waals surface area contributed by atoms with Crippen molar-refractivity contribution in [1.82, 2.24) is 15.6 Å². The van der Waals surface area contributed by atoms with Gasteiger partial charge >= 0.3 is 6.18 Å². The molecular weight excluding hydrogens is 516 g/mol. The third-order valence-electron chi connectivity index (χ3n) is 3.92. The van der Waals surface area contributed by atoms with Gasteiger partial charge in [-0.1, -0.05) is 0 Å². The van der Waals surface area contributed by atoms with E-state index in [1.807, 2.05) is 20.8 Å². The molecule has 3 N–H and O–H groups in total. The molecule has 0 bridgehead atoms. The quantitative estimate of drug-likeness (QED) is 0.269. The molecule has 2 rings (SSSR count). The van der Waals surface area contributed by atoms with E-state index in [9.17, 15) is 18.3 Å². The fraction of sp³-hybridized carbons (Fsp3) is 0.474. The molecule has 168 valence electrons. The van der Waals surface area contributed by atoms with Crippen LogP contribution in [-0.4, -0.2) is 41.9 Å². The van der Waals surface area contributed by atoms with Crippen LogP contribution in [0.3, 0.4) is 0 Å². The van der Waals surface area contributed by atoms with Gasteiger partial charge in [0.25, 0.3) is 0 Å². The van der Waals surface area contributed by atoms with Gasteiger partial charge in [-0.15, -0.1) is 24.0 Å². The first-order valence-electron chi connectivity index (χ1n) is 9.12. The summed E-state index contributed by atoms with van der Waals surface area (Å²) in [6, 6.07) is 4.30. The lowest BCUT2D eigenvalue weighted by molar-refractivity contribution is -0.137. The van der Waals surface area contributed by atoms with Crippen molar-refractivity contribution in [2.24, 2.45) is 4.99 Å². The lowest BCUT2D eigenvalue weighted by atomic mass is 10.2.